The summed E-state index contributed by atoms with van der Waals surface area (Å²) in [5, 5.41) is 11.5. The van der Waals surface area contributed by atoms with Crippen LogP contribution in [0.5, 0.6) is 0 Å². The van der Waals surface area contributed by atoms with E-state index in [1.54, 1.807) is 18.4 Å². The molecule has 1 aromatic heterocycles. The number of carbonyl (C=O) groups is 2. The van der Waals surface area contributed by atoms with Crippen LogP contribution in [0.3, 0.4) is 0 Å². The van der Waals surface area contributed by atoms with Gasteiger partial charge in [-0.1, -0.05) is 19.8 Å². The third-order valence-corrected chi connectivity index (χ3v) is 2.66. The molecule has 100 valence electrons. The van der Waals surface area contributed by atoms with Crippen LogP contribution < -0.4 is 5.32 Å². The maximum Gasteiger partial charge on any atom is 0.326 e. The first-order valence-electron chi connectivity index (χ1n) is 6.18. The SMILES string of the molecule is CCCCC(NC(=O)CCc1ccco1)C(=O)O. The van der Waals surface area contributed by atoms with Gasteiger partial charge in [-0.2, -0.15) is 0 Å². The number of amides is 1. The van der Waals surface area contributed by atoms with Gasteiger partial charge >= 0.3 is 5.97 Å². The zero-order valence-electron chi connectivity index (χ0n) is 10.5. The van der Waals surface area contributed by atoms with Crippen LogP contribution in [0.4, 0.5) is 0 Å². The highest BCUT2D eigenvalue weighted by Gasteiger charge is 2.18. The molecular weight excluding hydrogens is 234 g/mol. The summed E-state index contributed by atoms with van der Waals surface area (Å²) in [7, 11) is 0. The molecule has 1 atom stereocenters. The van der Waals surface area contributed by atoms with Crippen molar-refractivity contribution in [3.05, 3.63) is 24.2 Å². The number of carboxylic acid groups (broad SMARTS) is 1. The zero-order valence-corrected chi connectivity index (χ0v) is 10.5. The number of unbranched alkanes of at least 4 members (excludes halogenated alkanes) is 1. The van der Waals surface area contributed by atoms with Crippen LogP contribution in [0, 0.1) is 0 Å². The van der Waals surface area contributed by atoms with Crippen molar-refractivity contribution in [1.82, 2.24) is 5.32 Å². The Kier molecular flexibility index (Phi) is 5.97. The molecule has 5 heteroatoms. The predicted molar refractivity (Wildman–Crippen MR) is 66.1 cm³/mol. The maximum atomic E-state index is 11.6. The van der Waals surface area contributed by atoms with Crippen LogP contribution in [0.2, 0.25) is 0 Å². The molecule has 0 aliphatic carbocycles. The molecule has 5 nitrogen and oxygen atoms in total. The van der Waals surface area contributed by atoms with Crippen LogP contribution in [0.15, 0.2) is 22.8 Å². The first-order chi connectivity index (χ1) is 8.63. The number of aryl methyl sites for hydroxylation is 1. The molecule has 0 bridgehead atoms. The van der Waals surface area contributed by atoms with Gasteiger partial charge in [-0.15, -0.1) is 0 Å². The van der Waals surface area contributed by atoms with Crippen molar-refractivity contribution in [2.75, 3.05) is 0 Å². The molecule has 0 saturated heterocycles. The summed E-state index contributed by atoms with van der Waals surface area (Å²) in [6.07, 6.45) is 4.44. The Morgan fingerprint density at radius 1 is 1.50 bits per heavy atom. The molecular formula is C13H19NO4. The van der Waals surface area contributed by atoms with E-state index in [2.05, 4.69) is 5.32 Å². The highest BCUT2D eigenvalue weighted by atomic mass is 16.4. The summed E-state index contributed by atoms with van der Waals surface area (Å²) >= 11 is 0. The molecule has 1 amide bonds. The van der Waals surface area contributed by atoms with Crippen molar-refractivity contribution in [2.45, 2.75) is 45.1 Å². The van der Waals surface area contributed by atoms with Gasteiger partial charge in [-0.3, -0.25) is 4.79 Å². The lowest BCUT2D eigenvalue weighted by atomic mass is 10.1. The third kappa shape index (κ3) is 5.03. The van der Waals surface area contributed by atoms with Gasteiger partial charge in [-0.05, 0) is 18.6 Å². The Bertz CT molecular complexity index is 372. The van der Waals surface area contributed by atoms with E-state index in [0.717, 1.165) is 18.6 Å². The van der Waals surface area contributed by atoms with Gasteiger partial charge < -0.3 is 14.8 Å². The van der Waals surface area contributed by atoms with E-state index in [4.69, 9.17) is 9.52 Å². The average molecular weight is 253 g/mol. The van der Waals surface area contributed by atoms with E-state index in [1.165, 1.54) is 0 Å². The molecule has 0 aromatic carbocycles. The molecule has 0 fully saturated rings. The summed E-state index contributed by atoms with van der Waals surface area (Å²) in [5.74, 6) is -0.504. The van der Waals surface area contributed by atoms with Crippen molar-refractivity contribution >= 4 is 11.9 Å². The van der Waals surface area contributed by atoms with E-state index in [1.807, 2.05) is 6.92 Å². The fraction of sp³-hybridized carbons (Fsp3) is 0.538. The molecule has 0 aliphatic heterocycles. The molecule has 1 unspecified atom stereocenters. The second-order valence-corrected chi connectivity index (χ2v) is 4.18. The summed E-state index contributed by atoms with van der Waals surface area (Å²) in [4.78, 5) is 22.5. The lowest BCUT2D eigenvalue weighted by molar-refractivity contribution is -0.142. The fourth-order valence-electron chi connectivity index (χ4n) is 1.62. The van der Waals surface area contributed by atoms with Gasteiger partial charge in [0.25, 0.3) is 0 Å². The third-order valence-electron chi connectivity index (χ3n) is 2.66. The molecule has 0 radical (unpaired) electrons. The van der Waals surface area contributed by atoms with Crippen LogP contribution in [-0.4, -0.2) is 23.0 Å². The number of aliphatic carboxylic acids is 1. The number of carbonyl (C=O) groups excluding carboxylic acids is 1. The zero-order chi connectivity index (χ0) is 13.4. The Balaban J connectivity index is 2.34. The maximum absolute atomic E-state index is 11.6. The lowest BCUT2D eigenvalue weighted by Crippen LogP contribution is -2.40. The molecule has 0 spiro atoms. The topological polar surface area (TPSA) is 79.5 Å². The van der Waals surface area contributed by atoms with Gasteiger partial charge in [0.15, 0.2) is 0 Å². The van der Waals surface area contributed by atoms with Crippen LogP contribution >= 0.6 is 0 Å². The van der Waals surface area contributed by atoms with Crippen molar-refractivity contribution in [2.24, 2.45) is 0 Å². The monoisotopic (exact) mass is 253 g/mol. The summed E-state index contributed by atoms with van der Waals surface area (Å²) < 4.78 is 5.10. The normalized spacial score (nSPS) is 12.1. The molecule has 1 heterocycles. The Hall–Kier alpha value is -1.78. The molecule has 1 rings (SSSR count). The van der Waals surface area contributed by atoms with Gasteiger partial charge in [0.1, 0.15) is 11.8 Å². The minimum atomic E-state index is -0.977. The van der Waals surface area contributed by atoms with Crippen molar-refractivity contribution < 1.29 is 19.1 Å². The second-order valence-electron chi connectivity index (χ2n) is 4.18. The summed E-state index contributed by atoms with van der Waals surface area (Å²) in [6, 6.07) is 2.77. The Labute approximate surface area is 106 Å². The quantitative estimate of drug-likeness (QED) is 0.742. The van der Waals surface area contributed by atoms with Crippen molar-refractivity contribution in [3.63, 3.8) is 0 Å². The minimum absolute atomic E-state index is 0.240. The highest BCUT2D eigenvalue weighted by molar-refractivity contribution is 5.83. The van der Waals surface area contributed by atoms with E-state index in [9.17, 15) is 9.59 Å². The first kappa shape index (κ1) is 14.3. The standard InChI is InChI=1S/C13H19NO4/c1-2-3-6-11(13(16)17)14-12(15)8-7-10-5-4-9-18-10/h4-5,9,11H,2-3,6-8H2,1H3,(H,14,15)(H,16,17). The number of hydrogen-bond donors (Lipinski definition) is 2. The molecule has 0 aliphatic rings. The van der Waals surface area contributed by atoms with Crippen LogP contribution in [0.1, 0.15) is 38.4 Å². The van der Waals surface area contributed by atoms with E-state index >= 15 is 0 Å². The number of rotatable bonds is 8. The average Bonchev–Trinajstić information content (AvgIpc) is 2.84. The Morgan fingerprint density at radius 2 is 2.28 bits per heavy atom. The van der Waals surface area contributed by atoms with Gasteiger partial charge in [0, 0.05) is 12.8 Å². The Morgan fingerprint density at radius 3 is 2.83 bits per heavy atom. The van der Waals surface area contributed by atoms with Gasteiger partial charge in [0.05, 0.1) is 6.26 Å². The van der Waals surface area contributed by atoms with E-state index in [-0.39, 0.29) is 12.3 Å². The number of carboxylic acids is 1. The van der Waals surface area contributed by atoms with Crippen molar-refractivity contribution in [3.8, 4) is 0 Å². The molecule has 1 aromatic rings. The lowest BCUT2D eigenvalue weighted by Gasteiger charge is -2.13. The summed E-state index contributed by atoms with van der Waals surface area (Å²) in [5.41, 5.74) is 0. The largest absolute Gasteiger partial charge is 0.480 e. The number of nitrogens with one attached hydrogen (secondary N) is 1. The van der Waals surface area contributed by atoms with Crippen molar-refractivity contribution in [1.29, 1.82) is 0 Å². The first-order valence-corrected chi connectivity index (χ1v) is 6.18. The minimum Gasteiger partial charge on any atom is -0.480 e. The van der Waals surface area contributed by atoms with E-state index < -0.39 is 12.0 Å². The number of hydrogen-bond acceptors (Lipinski definition) is 3. The van der Waals surface area contributed by atoms with Crippen LogP contribution in [-0.2, 0) is 16.0 Å². The van der Waals surface area contributed by atoms with Crippen LogP contribution in [0.25, 0.3) is 0 Å². The fourth-order valence-corrected chi connectivity index (χ4v) is 1.62. The smallest absolute Gasteiger partial charge is 0.326 e. The second kappa shape index (κ2) is 7.53. The van der Waals surface area contributed by atoms with Gasteiger partial charge in [0.2, 0.25) is 5.91 Å². The highest BCUT2D eigenvalue weighted by Crippen LogP contribution is 2.05. The summed E-state index contributed by atoms with van der Waals surface area (Å²) in [6.45, 7) is 1.98. The molecule has 2 N–H and O–H groups in total. The predicted octanol–water partition coefficient (Wildman–Crippen LogP) is 1.97. The van der Waals surface area contributed by atoms with Gasteiger partial charge in [-0.25, -0.2) is 4.79 Å². The van der Waals surface area contributed by atoms with E-state index in [0.29, 0.717) is 12.8 Å². The molecule has 0 saturated carbocycles. The number of furan rings is 1. The molecule has 18 heavy (non-hydrogen) atoms.